The summed E-state index contributed by atoms with van der Waals surface area (Å²) in [6.45, 7) is 1.20. The van der Waals surface area contributed by atoms with E-state index in [-0.39, 0.29) is 11.9 Å². The van der Waals surface area contributed by atoms with Gasteiger partial charge in [0.1, 0.15) is 12.4 Å². The lowest BCUT2D eigenvalue weighted by Crippen LogP contribution is -2.37. The second-order valence-electron chi connectivity index (χ2n) is 8.75. The molecule has 1 aliphatic carbocycles. The molecule has 1 fully saturated rings. The fourth-order valence-corrected chi connectivity index (χ4v) is 4.71. The summed E-state index contributed by atoms with van der Waals surface area (Å²) in [5.74, 6) is 1.80. The van der Waals surface area contributed by atoms with Crippen LogP contribution >= 0.6 is 0 Å². The summed E-state index contributed by atoms with van der Waals surface area (Å²) in [7, 11) is 1.44. The van der Waals surface area contributed by atoms with Crippen molar-refractivity contribution >= 4 is 17.7 Å². The van der Waals surface area contributed by atoms with Gasteiger partial charge < -0.3 is 14.8 Å². The number of hydrogen-bond donors (Lipinski definition) is 1. The van der Waals surface area contributed by atoms with Crippen molar-refractivity contribution in [3.8, 4) is 5.75 Å². The third-order valence-electron chi connectivity index (χ3n) is 6.71. The molecular weight excluding hydrogens is 431 g/mol. The van der Waals surface area contributed by atoms with Crippen molar-refractivity contribution in [3.05, 3.63) is 65.2 Å². The van der Waals surface area contributed by atoms with Gasteiger partial charge in [-0.15, -0.1) is 0 Å². The molecule has 0 aromatic heterocycles. The number of benzene rings is 2. The second-order valence-corrected chi connectivity index (χ2v) is 8.75. The Kier molecular flexibility index (Phi) is 6.96. The number of hydrogen-bond acceptors (Lipinski definition) is 4. The Balaban J connectivity index is 1.32. The van der Waals surface area contributed by atoms with Gasteiger partial charge in [0.2, 0.25) is 0 Å². The molecule has 0 spiro atoms. The van der Waals surface area contributed by atoms with Crippen molar-refractivity contribution in [3.63, 3.8) is 0 Å². The maximum Gasteiger partial charge on any atom is 0.416 e. The minimum atomic E-state index is -4.33. The van der Waals surface area contributed by atoms with Gasteiger partial charge in [0.15, 0.2) is 0 Å². The maximum atomic E-state index is 12.7. The highest BCUT2D eigenvalue weighted by Gasteiger charge is 2.40. The van der Waals surface area contributed by atoms with Crippen molar-refractivity contribution < 1.29 is 27.4 Å². The number of ether oxygens (including phenoxy) is 2. The third-order valence-corrected chi connectivity index (χ3v) is 6.71. The lowest BCUT2D eigenvalue weighted by atomic mass is 9.67. The molecule has 1 N–H and O–H groups in total. The van der Waals surface area contributed by atoms with E-state index in [0.29, 0.717) is 24.0 Å². The monoisotopic (exact) mass is 459 g/mol. The van der Waals surface area contributed by atoms with Gasteiger partial charge in [-0.25, -0.2) is 0 Å². The number of carbonyl (C=O) groups excluding carboxylic acids is 1. The normalized spacial score (nSPS) is 22.6. The Morgan fingerprint density at radius 1 is 1.12 bits per heavy atom. The van der Waals surface area contributed by atoms with Crippen LogP contribution in [-0.4, -0.2) is 26.2 Å². The molecule has 1 aliphatic heterocycles. The molecule has 2 aromatic carbocycles. The summed E-state index contributed by atoms with van der Waals surface area (Å²) >= 11 is 0. The van der Waals surface area contributed by atoms with E-state index in [4.69, 9.17) is 9.47 Å². The van der Waals surface area contributed by atoms with E-state index in [2.05, 4.69) is 11.4 Å². The van der Waals surface area contributed by atoms with Crippen molar-refractivity contribution in [1.29, 1.82) is 0 Å². The van der Waals surface area contributed by atoms with Crippen LogP contribution in [-0.2, 0) is 22.1 Å². The fourth-order valence-electron chi connectivity index (χ4n) is 4.71. The standard InChI is InChI=1S/C26H28F3NO3/c1-32-25(31)20-14-19(15-20)18-9-12-22-23(30-16-18)5-2-6-24(22)33-13-3-4-17-7-10-21(11-8-17)26(27,28)29/h2-8,10-11,18-20,30H,9,12-16H2,1H3/b4-3+. The molecule has 1 unspecified atom stereocenters. The predicted molar refractivity (Wildman–Crippen MR) is 121 cm³/mol. The average Bonchev–Trinajstić information content (AvgIpc) is 2.98. The van der Waals surface area contributed by atoms with E-state index in [0.717, 1.165) is 61.4 Å². The minimum Gasteiger partial charge on any atom is -0.489 e. The van der Waals surface area contributed by atoms with E-state index in [1.807, 2.05) is 12.1 Å². The van der Waals surface area contributed by atoms with E-state index < -0.39 is 11.7 Å². The molecular formula is C26H28F3NO3. The van der Waals surface area contributed by atoms with Crippen LogP contribution in [0.25, 0.3) is 6.08 Å². The van der Waals surface area contributed by atoms with Crippen LogP contribution in [0.5, 0.6) is 5.75 Å². The molecule has 1 saturated carbocycles. The first-order valence-corrected chi connectivity index (χ1v) is 11.3. The Labute approximate surface area is 191 Å². The van der Waals surface area contributed by atoms with Crippen LogP contribution in [0.4, 0.5) is 18.9 Å². The van der Waals surface area contributed by atoms with Crippen molar-refractivity contribution in [2.45, 2.75) is 31.9 Å². The SMILES string of the molecule is COC(=O)C1CC(C2CCc3c(cccc3OC/C=C/c3ccc(C(F)(F)F)cc3)NC2)C1. The topological polar surface area (TPSA) is 47.6 Å². The summed E-state index contributed by atoms with van der Waals surface area (Å²) in [5.41, 5.74) is 2.25. The number of carbonyl (C=O) groups is 1. The quantitative estimate of drug-likeness (QED) is 0.541. The number of anilines is 1. The number of halogens is 3. The highest BCUT2D eigenvalue weighted by molar-refractivity contribution is 5.73. The number of rotatable bonds is 6. The molecule has 176 valence electrons. The summed E-state index contributed by atoms with van der Waals surface area (Å²) in [6, 6.07) is 11.0. The summed E-state index contributed by atoms with van der Waals surface area (Å²) in [4.78, 5) is 11.7. The molecule has 33 heavy (non-hydrogen) atoms. The van der Waals surface area contributed by atoms with Crippen LogP contribution in [0.2, 0.25) is 0 Å². The van der Waals surface area contributed by atoms with Crippen molar-refractivity contribution in [2.24, 2.45) is 17.8 Å². The molecule has 2 aliphatic rings. The fraction of sp³-hybridized carbons (Fsp3) is 0.423. The Bertz CT molecular complexity index is 995. The number of esters is 1. The van der Waals surface area contributed by atoms with E-state index >= 15 is 0 Å². The third kappa shape index (κ3) is 5.52. The first-order valence-electron chi connectivity index (χ1n) is 11.3. The van der Waals surface area contributed by atoms with Crippen LogP contribution < -0.4 is 10.1 Å². The highest BCUT2D eigenvalue weighted by atomic mass is 19.4. The molecule has 7 heteroatoms. The zero-order valence-corrected chi connectivity index (χ0v) is 18.5. The summed E-state index contributed by atoms with van der Waals surface area (Å²) < 4.78 is 48.9. The zero-order chi connectivity index (χ0) is 23.4. The predicted octanol–water partition coefficient (Wildman–Crippen LogP) is 5.97. The Morgan fingerprint density at radius 3 is 2.58 bits per heavy atom. The molecule has 0 saturated heterocycles. The molecule has 0 radical (unpaired) electrons. The second kappa shape index (κ2) is 9.89. The first kappa shape index (κ1) is 23.2. The van der Waals surface area contributed by atoms with Crippen molar-refractivity contribution in [1.82, 2.24) is 0 Å². The van der Waals surface area contributed by atoms with Gasteiger partial charge in [-0.3, -0.25) is 4.79 Å². The van der Waals surface area contributed by atoms with Gasteiger partial charge in [-0.2, -0.15) is 13.2 Å². The van der Waals surface area contributed by atoms with Crippen molar-refractivity contribution in [2.75, 3.05) is 25.6 Å². The van der Waals surface area contributed by atoms with E-state index in [9.17, 15) is 18.0 Å². The van der Waals surface area contributed by atoms with Gasteiger partial charge in [0.25, 0.3) is 0 Å². The van der Waals surface area contributed by atoms with E-state index in [1.165, 1.54) is 19.2 Å². The highest BCUT2D eigenvalue weighted by Crippen LogP contribution is 2.43. The van der Waals surface area contributed by atoms with Gasteiger partial charge in [0, 0.05) is 17.8 Å². The number of alkyl halides is 3. The average molecular weight is 460 g/mol. The summed E-state index contributed by atoms with van der Waals surface area (Å²) in [6.07, 6.45) is 2.94. The summed E-state index contributed by atoms with van der Waals surface area (Å²) in [5, 5.41) is 3.55. The first-order chi connectivity index (χ1) is 15.8. The van der Waals surface area contributed by atoms with Crippen LogP contribution in [0.15, 0.2) is 48.5 Å². The number of methoxy groups -OCH3 is 1. The minimum absolute atomic E-state index is 0.0426. The molecule has 0 amide bonds. The van der Waals surface area contributed by atoms with Gasteiger partial charge >= 0.3 is 12.1 Å². The van der Waals surface area contributed by atoms with Gasteiger partial charge in [-0.1, -0.05) is 24.3 Å². The molecule has 1 heterocycles. The number of nitrogens with one attached hydrogen (secondary N) is 1. The Morgan fingerprint density at radius 2 is 1.88 bits per heavy atom. The molecule has 0 bridgehead atoms. The lowest BCUT2D eigenvalue weighted by Gasteiger charge is -2.38. The van der Waals surface area contributed by atoms with Crippen LogP contribution in [0.1, 0.15) is 36.0 Å². The zero-order valence-electron chi connectivity index (χ0n) is 18.5. The molecule has 1 atom stereocenters. The van der Waals surface area contributed by atoms with Crippen LogP contribution in [0, 0.1) is 17.8 Å². The van der Waals surface area contributed by atoms with Gasteiger partial charge in [-0.05, 0) is 73.4 Å². The molecule has 2 aromatic rings. The molecule has 4 rings (SSSR count). The smallest absolute Gasteiger partial charge is 0.416 e. The van der Waals surface area contributed by atoms with Crippen LogP contribution in [0.3, 0.4) is 0 Å². The van der Waals surface area contributed by atoms with E-state index in [1.54, 1.807) is 12.2 Å². The molecule has 4 nitrogen and oxygen atoms in total. The Hall–Kier alpha value is -2.96. The van der Waals surface area contributed by atoms with Gasteiger partial charge in [0.05, 0.1) is 18.6 Å². The lowest BCUT2D eigenvalue weighted by molar-refractivity contribution is -0.151. The maximum absolute atomic E-state index is 12.7. The number of fused-ring (bicyclic) bond motifs is 1. The largest absolute Gasteiger partial charge is 0.489 e.